The van der Waals surface area contributed by atoms with E-state index in [0.29, 0.717) is 32.6 Å². The van der Waals surface area contributed by atoms with Crippen molar-refractivity contribution in [3.63, 3.8) is 0 Å². The van der Waals surface area contributed by atoms with Crippen molar-refractivity contribution in [1.29, 1.82) is 0 Å². The zero-order valence-corrected chi connectivity index (χ0v) is 16.8. The summed E-state index contributed by atoms with van der Waals surface area (Å²) in [6.45, 7) is 1.27. The summed E-state index contributed by atoms with van der Waals surface area (Å²) >= 11 is 1.64. The van der Waals surface area contributed by atoms with Crippen LogP contribution in [0.2, 0.25) is 0 Å². The molecule has 2 N–H and O–H groups in total. The predicted octanol–water partition coefficient (Wildman–Crippen LogP) is 1.27. The molecule has 0 aliphatic carbocycles. The van der Waals surface area contributed by atoms with Crippen molar-refractivity contribution < 1.29 is 26.8 Å². The summed E-state index contributed by atoms with van der Waals surface area (Å²) in [7, 11) is -0.475. The van der Waals surface area contributed by atoms with Gasteiger partial charge in [0.1, 0.15) is 0 Å². The van der Waals surface area contributed by atoms with Gasteiger partial charge in [-0.2, -0.15) is 3.22 Å². The number of H-pyrrole nitrogens is 1. The molecular formula is C13H22IN2O8P. The van der Waals surface area contributed by atoms with E-state index in [1.54, 1.807) is 23.0 Å². The molecule has 10 nitrogen and oxygen atoms in total. The number of halogens is 1. The SMILES string of the molecule is COC(CCn1ccc(=O)[nH]c1=O)COP(O)OCCCCOOI. The lowest BCUT2D eigenvalue weighted by Gasteiger charge is -2.17. The van der Waals surface area contributed by atoms with Gasteiger partial charge in [0, 0.05) is 25.9 Å². The van der Waals surface area contributed by atoms with Crippen molar-refractivity contribution in [2.24, 2.45) is 0 Å². The Labute approximate surface area is 160 Å². The van der Waals surface area contributed by atoms with E-state index in [2.05, 4.69) is 8.20 Å². The Bertz CT molecular complexity index is 584. The van der Waals surface area contributed by atoms with Crippen LogP contribution in [0, 0.1) is 0 Å². The molecule has 0 saturated carbocycles. The molecule has 0 fully saturated rings. The first-order valence-corrected chi connectivity index (χ1v) is 9.55. The van der Waals surface area contributed by atoms with Crippen LogP contribution in [0.1, 0.15) is 19.3 Å². The van der Waals surface area contributed by atoms with Gasteiger partial charge in [0.05, 0.1) is 25.9 Å². The zero-order chi connectivity index (χ0) is 18.5. The van der Waals surface area contributed by atoms with E-state index in [-0.39, 0.29) is 12.7 Å². The third-order valence-electron chi connectivity index (χ3n) is 3.16. The number of unbranched alkanes of at least 4 members (excludes halogenated alkanes) is 1. The largest absolute Gasteiger partial charge is 0.379 e. The van der Waals surface area contributed by atoms with Gasteiger partial charge in [-0.05, 0) is 19.3 Å². The third kappa shape index (κ3) is 10.4. The number of aromatic nitrogens is 2. The van der Waals surface area contributed by atoms with Gasteiger partial charge in [0.2, 0.25) is 0 Å². The normalized spacial score (nSPS) is 13.7. The summed E-state index contributed by atoms with van der Waals surface area (Å²) in [4.78, 5) is 39.1. The Balaban J connectivity index is 2.22. The fourth-order valence-corrected chi connectivity index (χ4v) is 2.63. The zero-order valence-electron chi connectivity index (χ0n) is 13.8. The molecular weight excluding hydrogens is 470 g/mol. The number of nitrogens with one attached hydrogen (secondary N) is 1. The highest BCUT2D eigenvalue weighted by Crippen LogP contribution is 2.33. The van der Waals surface area contributed by atoms with Crippen molar-refractivity contribution in [2.45, 2.75) is 31.9 Å². The molecule has 0 aliphatic heterocycles. The van der Waals surface area contributed by atoms with Crippen LogP contribution in [0.25, 0.3) is 0 Å². The van der Waals surface area contributed by atoms with Crippen LogP contribution in [0.3, 0.4) is 0 Å². The fraction of sp³-hybridized carbons (Fsp3) is 0.692. The molecule has 1 rings (SSSR count). The molecule has 0 aliphatic rings. The van der Waals surface area contributed by atoms with Crippen molar-refractivity contribution in [1.82, 2.24) is 9.55 Å². The lowest BCUT2D eigenvalue weighted by atomic mass is 10.2. The highest BCUT2D eigenvalue weighted by Gasteiger charge is 2.13. The highest BCUT2D eigenvalue weighted by molar-refractivity contribution is 14.1. The fourth-order valence-electron chi connectivity index (χ4n) is 1.79. The van der Waals surface area contributed by atoms with Crippen molar-refractivity contribution in [2.75, 3.05) is 26.9 Å². The Morgan fingerprint density at radius 2 is 2.08 bits per heavy atom. The summed E-state index contributed by atoms with van der Waals surface area (Å²) in [6, 6.07) is 1.28. The van der Waals surface area contributed by atoms with E-state index in [9.17, 15) is 14.5 Å². The molecule has 12 heteroatoms. The average molecular weight is 492 g/mol. The molecule has 1 heterocycles. The summed E-state index contributed by atoms with van der Waals surface area (Å²) in [5.74, 6) is 0. The number of ether oxygens (including phenoxy) is 1. The Morgan fingerprint density at radius 3 is 2.76 bits per heavy atom. The van der Waals surface area contributed by atoms with Crippen LogP contribution in [0.15, 0.2) is 21.9 Å². The van der Waals surface area contributed by atoms with E-state index < -0.39 is 19.9 Å². The van der Waals surface area contributed by atoms with Crippen LogP contribution in [0.5, 0.6) is 0 Å². The van der Waals surface area contributed by atoms with Gasteiger partial charge < -0.3 is 23.2 Å². The van der Waals surface area contributed by atoms with Crippen LogP contribution in [0.4, 0.5) is 0 Å². The van der Waals surface area contributed by atoms with Gasteiger partial charge in [-0.1, -0.05) is 0 Å². The minimum absolute atomic E-state index is 0.128. The first-order chi connectivity index (χ1) is 12.1. The lowest BCUT2D eigenvalue weighted by Crippen LogP contribution is -2.30. The highest BCUT2D eigenvalue weighted by atomic mass is 127. The molecule has 0 saturated heterocycles. The van der Waals surface area contributed by atoms with Crippen LogP contribution in [-0.2, 0) is 28.4 Å². The first-order valence-electron chi connectivity index (χ1n) is 7.54. The average Bonchev–Trinajstić information content (AvgIpc) is 2.59. The molecule has 0 aromatic carbocycles. The minimum Gasteiger partial charge on any atom is -0.379 e. The van der Waals surface area contributed by atoms with Crippen LogP contribution >= 0.6 is 31.6 Å². The van der Waals surface area contributed by atoms with Gasteiger partial charge in [-0.15, -0.1) is 0 Å². The van der Waals surface area contributed by atoms with Gasteiger partial charge >= 0.3 is 14.3 Å². The Kier molecular flexibility index (Phi) is 12.5. The number of rotatable bonds is 14. The minimum atomic E-state index is -1.99. The van der Waals surface area contributed by atoms with Crippen molar-refractivity contribution >= 4 is 31.6 Å². The van der Waals surface area contributed by atoms with Gasteiger partial charge in [-0.25, -0.2) is 9.68 Å². The van der Waals surface area contributed by atoms with Gasteiger partial charge in [-0.3, -0.25) is 9.78 Å². The molecule has 144 valence electrons. The van der Waals surface area contributed by atoms with E-state index in [1.807, 2.05) is 0 Å². The maximum atomic E-state index is 11.6. The molecule has 0 amide bonds. The van der Waals surface area contributed by atoms with Crippen molar-refractivity contribution in [3.05, 3.63) is 33.1 Å². The standard InChI is InChI=1S/C13H22IN2O8P/c1-20-11(4-6-16-7-5-12(17)15-13(16)18)10-23-25(19)22-9-3-2-8-21-24-14/h5,7,11,19H,2-4,6,8-10H2,1H3,(H,15,17,18). The maximum Gasteiger partial charge on any atom is 0.329 e. The first kappa shape index (κ1) is 22.6. The lowest BCUT2D eigenvalue weighted by molar-refractivity contribution is -0.166. The molecule has 2 unspecified atom stereocenters. The number of hydrogen-bond donors (Lipinski definition) is 2. The second-order valence-corrected chi connectivity index (χ2v) is 6.26. The predicted molar refractivity (Wildman–Crippen MR) is 98.1 cm³/mol. The topological polar surface area (TPSA) is 121 Å². The number of aryl methyl sites for hydroxylation is 1. The Morgan fingerprint density at radius 1 is 1.32 bits per heavy atom. The molecule has 0 spiro atoms. The number of methoxy groups -OCH3 is 1. The Hall–Kier alpha value is -0.400. The molecule has 2 atom stereocenters. The summed E-state index contributed by atoms with van der Waals surface area (Å²) in [6.07, 6.45) is 3.00. The molecule has 1 aromatic heterocycles. The van der Waals surface area contributed by atoms with Crippen LogP contribution < -0.4 is 11.2 Å². The van der Waals surface area contributed by atoms with Crippen molar-refractivity contribution in [3.8, 4) is 0 Å². The second-order valence-electron chi connectivity index (χ2n) is 4.91. The summed E-state index contributed by atoms with van der Waals surface area (Å²) in [5, 5.41) is 0. The maximum absolute atomic E-state index is 11.6. The van der Waals surface area contributed by atoms with E-state index in [0.717, 1.165) is 6.42 Å². The molecule has 1 aromatic rings. The second kappa shape index (κ2) is 13.8. The van der Waals surface area contributed by atoms with E-state index >= 15 is 0 Å². The summed E-state index contributed by atoms with van der Waals surface area (Å²) < 4.78 is 21.4. The van der Waals surface area contributed by atoms with E-state index in [1.165, 1.54) is 23.9 Å². The molecule has 25 heavy (non-hydrogen) atoms. The quantitative estimate of drug-likeness (QED) is 0.131. The molecule has 0 radical (unpaired) electrons. The molecule has 0 bridgehead atoms. The smallest absolute Gasteiger partial charge is 0.329 e. The monoisotopic (exact) mass is 492 g/mol. The number of aromatic amines is 1. The van der Waals surface area contributed by atoms with Gasteiger partial charge in [0.25, 0.3) is 5.56 Å². The van der Waals surface area contributed by atoms with Gasteiger partial charge in [0.15, 0.2) is 23.0 Å². The number of nitrogens with zero attached hydrogens (tertiary/aromatic N) is 1. The third-order valence-corrected chi connectivity index (χ3v) is 4.19. The van der Waals surface area contributed by atoms with Crippen LogP contribution in [-0.4, -0.2) is 47.5 Å². The summed E-state index contributed by atoms with van der Waals surface area (Å²) in [5.41, 5.74) is -0.919. The number of hydrogen-bond acceptors (Lipinski definition) is 8. The van der Waals surface area contributed by atoms with E-state index in [4.69, 9.17) is 18.7 Å².